The van der Waals surface area contributed by atoms with Crippen LogP contribution in [-0.4, -0.2) is 15.0 Å². The van der Waals surface area contributed by atoms with E-state index in [0.29, 0.717) is 0 Å². The van der Waals surface area contributed by atoms with Gasteiger partial charge in [-0.2, -0.15) is 0 Å². The van der Waals surface area contributed by atoms with Crippen molar-refractivity contribution in [2.45, 2.75) is 13.8 Å². The lowest BCUT2D eigenvalue weighted by molar-refractivity contribution is 1.17. The Morgan fingerprint density at radius 3 is 2.10 bits per heavy atom. The molecule has 3 heterocycles. The van der Waals surface area contributed by atoms with Gasteiger partial charge in [0.2, 0.25) is 0 Å². The van der Waals surface area contributed by atoms with E-state index in [1.165, 1.54) is 0 Å². The molecule has 0 bridgehead atoms. The number of pyridine rings is 2. The molecule has 0 aliphatic rings. The molecule has 3 aromatic heterocycles. The molecule has 0 amide bonds. The van der Waals surface area contributed by atoms with Gasteiger partial charge in [-0.05, 0) is 38.1 Å². The average Bonchev–Trinajstić information content (AvgIpc) is 2.85. The van der Waals surface area contributed by atoms with Gasteiger partial charge in [-0.1, -0.05) is 24.4 Å². The summed E-state index contributed by atoms with van der Waals surface area (Å²) in [5, 5.41) is 2.94. The minimum absolute atomic E-state index is 0.811. The molecule has 2 N–H and O–H groups in total. The molecule has 0 unspecified atom stereocenters. The van der Waals surface area contributed by atoms with E-state index in [0.717, 1.165) is 42.5 Å². The molecule has 3 rings (SSSR count). The summed E-state index contributed by atoms with van der Waals surface area (Å²) in [6, 6.07) is 7.73. The molecule has 3 aromatic rings. The van der Waals surface area contributed by atoms with Gasteiger partial charge in [0, 0.05) is 25.8 Å². The SMILES string of the molecule is Cc1cc(=S)cc(-c2csc(-c3cc(=S)cc(C)[nH]3)n2)[nH]1. The van der Waals surface area contributed by atoms with Gasteiger partial charge in [-0.3, -0.25) is 0 Å². The van der Waals surface area contributed by atoms with Crippen LogP contribution in [0.2, 0.25) is 0 Å². The second-order valence-electron chi connectivity index (χ2n) is 4.86. The van der Waals surface area contributed by atoms with Gasteiger partial charge >= 0.3 is 0 Å². The molecule has 0 saturated carbocycles. The number of H-pyrrole nitrogens is 2. The fourth-order valence-corrected chi connectivity index (χ4v) is 3.52. The van der Waals surface area contributed by atoms with E-state index >= 15 is 0 Å². The lowest BCUT2D eigenvalue weighted by atomic mass is 10.2. The highest BCUT2D eigenvalue weighted by atomic mass is 32.1. The Morgan fingerprint density at radius 2 is 1.48 bits per heavy atom. The summed E-state index contributed by atoms with van der Waals surface area (Å²) in [7, 11) is 0. The average molecular weight is 331 g/mol. The molecule has 0 fully saturated rings. The van der Waals surface area contributed by atoms with Crippen LogP contribution in [-0.2, 0) is 0 Å². The predicted octanol–water partition coefficient (Wildman–Crippen LogP) is 5.21. The molecule has 106 valence electrons. The van der Waals surface area contributed by atoms with Gasteiger partial charge in [0.15, 0.2) is 0 Å². The van der Waals surface area contributed by atoms with Gasteiger partial charge < -0.3 is 9.97 Å². The second kappa shape index (κ2) is 5.63. The van der Waals surface area contributed by atoms with E-state index in [9.17, 15) is 0 Å². The van der Waals surface area contributed by atoms with Crippen LogP contribution in [0.3, 0.4) is 0 Å². The van der Waals surface area contributed by atoms with Crippen LogP contribution in [0.5, 0.6) is 0 Å². The number of nitrogens with zero attached hydrogens (tertiary/aromatic N) is 1. The van der Waals surface area contributed by atoms with Gasteiger partial charge in [-0.25, -0.2) is 4.98 Å². The highest BCUT2D eigenvalue weighted by Gasteiger charge is 2.08. The first kappa shape index (κ1) is 14.3. The molecule has 6 heteroatoms. The van der Waals surface area contributed by atoms with Gasteiger partial charge in [0.1, 0.15) is 5.01 Å². The Labute approximate surface area is 136 Å². The molecule has 3 nitrogen and oxygen atoms in total. The van der Waals surface area contributed by atoms with Crippen molar-refractivity contribution in [3.05, 3.63) is 50.1 Å². The van der Waals surface area contributed by atoms with Crippen LogP contribution in [0.1, 0.15) is 11.4 Å². The van der Waals surface area contributed by atoms with Crippen molar-refractivity contribution < 1.29 is 0 Å². The fourth-order valence-electron chi connectivity index (χ4n) is 2.14. The topological polar surface area (TPSA) is 44.5 Å². The summed E-state index contributed by atoms with van der Waals surface area (Å²) in [4.78, 5) is 11.3. The third-order valence-electron chi connectivity index (χ3n) is 2.96. The van der Waals surface area contributed by atoms with Crippen molar-refractivity contribution in [1.29, 1.82) is 0 Å². The molecule has 0 aliphatic carbocycles. The van der Waals surface area contributed by atoms with Gasteiger partial charge in [-0.15, -0.1) is 11.3 Å². The maximum absolute atomic E-state index is 5.26. The number of hydrogen-bond donors (Lipinski definition) is 2. The van der Waals surface area contributed by atoms with Crippen molar-refractivity contribution in [3.8, 4) is 22.1 Å². The first-order valence-corrected chi connectivity index (χ1v) is 8.09. The minimum Gasteiger partial charge on any atom is -0.357 e. The standard InChI is InChI=1S/C15H13N3S3/c1-8-3-10(19)5-12(16-8)14-7-21-15(18-14)13-6-11(20)4-9(2)17-13/h3-7H,1-2H3,(H,16,19)(H,17,20). The van der Waals surface area contributed by atoms with Crippen LogP contribution in [0.15, 0.2) is 29.6 Å². The number of aromatic nitrogens is 3. The molecule has 0 spiro atoms. The van der Waals surface area contributed by atoms with Gasteiger partial charge in [0.25, 0.3) is 0 Å². The summed E-state index contributed by atoms with van der Waals surface area (Å²) < 4.78 is 1.62. The van der Waals surface area contributed by atoms with E-state index in [1.54, 1.807) is 11.3 Å². The first-order valence-electron chi connectivity index (χ1n) is 6.39. The molecule has 0 saturated heterocycles. The summed E-state index contributed by atoms with van der Waals surface area (Å²) in [6.07, 6.45) is 0. The Bertz CT molecular complexity index is 844. The molecule has 0 atom stereocenters. The fraction of sp³-hybridized carbons (Fsp3) is 0.133. The Balaban J connectivity index is 2.07. The Kier molecular flexibility index (Phi) is 3.84. The van der Waals surface area contributed by atoms with E-state index in [2.05, 4.69) is 15.0 Å². The minimum atomic E-state index is 0.811. The Hall–Kier alpha value is -1.63. The van der Waals surface area contributed by atoms with Crippen molar-refractivity contribution >= 4 is 35.8 Å². The highest BCUT2D eigenvalue weighted by Crippen LogP contribution is 2.27. The summed E-state index contributed by atoms with van der Waals surface area (Å²) in [5.74, 6) is 0. The second-order valence-corrected chi connectivity index (χ2v) is 6.66. The number of hydrogen-bond acceptors (Lipinski definition) is 4. The molecule has 21 heavy (non-hydrogen) atoms. The number of thiazole rings is 1. The highest BCUT2D eigenvalue weighted by molar-refractivity contribution is 7.71. The third-order valence-corrected chi connectivity index (χ3v) is 4.31. The molecule has 0 aromatic carbocycles. The van der Waals surface area contributed by atoms with E-state index in [4.69, 9.17) is 24.4 Å². The summed E-state index contributed by atoms with van der Waals surface area (Å²) in [6.45, 7) is 3.98. The van der Waals surface area contributed by atoms with Crippen molar-refractivity contribution in [2.75, 3.05) is 0 Å². The molecular formula is C15H13N3S3. The summed E-state index contributed by atoms with van der Waals surface area (Å²) >= 11 is 12.1. The largest absolute Gasteiger partial charge is 0.357 e. The maximum Gasteiger partial charge on any atom is 0.140 e. The molecule has 0 aliphatic heterocycles. The van der Waals surface area contributed by atoms with Crippen LogP contribution in [0.4, 0.5) is 0 Å². The Morgan fingerprint density at radius 1 is 0.905 bits per heavy atom. The summed E-state index contributed by atoms with van der Waals surface area (Å²) in [5.41, 5.74) is 4.84. The molecule has 0 radical (unpaired) electrons. The molecular weight excluding hydrogens is 318 g/mol. The lowest BCUT2D eigenvalue weighted by Crippen LogP contribution is -1.89. The van der Waals surface area contributed by atoms with Crippen LogP contribution >= 0.6 is 35.8 Å². The van der Waals surface area contributed by atoms with Crippen LogP contribution in [0.25, 0.3) is 22.1 Å². The number of rotatable bonds is 2. The number of aromatic amines is 2. The zero-order chi connectivity index (χ0) is 15.0. The normalized spacial score (nSPS) is 10.8. The number of nitrogens with one attached hydrogen (secondary N) is 2. The smallest absolute Gasteiger partial charge is 0.140 e. The maximum atomic E-state index is 5.26. The van der Waals surface area contributed by atoms with Crippen LogP contribution in [0, 0.1) is 22.9 Å². The third kappa shape index (κ3) is 3.18. The van der Waals surface area contributed by atoms with Crippen molar-refractivity contribution in [2.24, 2.45) is 0 Å². The zero-order valence-corrected chi connectivity index (χ0v) is 14.0. The van der Waals surface area contributed by atoms with E-state index in [-0.39, 0.29) is 0 Å². The van der Waals surface area contributed by atoms with E-state index in [1.807, 2.05) is 43.5 Å². The van der Waals surface area contributed by atoms with Crippen LogP contribution < -0.4 is 0 Å². The monoisotopic (exact) mass is 331 g/mol. The van der Waals surface area contributed by atoms with E-state index < -0.39 is 0 Å². The van der Waals surface area contributed by atoms with Crippen molar-refractivity contribution in [3.63, 3.8) is 0 Å². The van der Waals surface area contributed by atoms with Gasteiger partial charge in [0.05, 0.1) is 17.1 Å². The zero-order valence-electron chi connectivity index (χ0n) is 11.6. The number of aryl methyl sites for hydroxylation is 2. The predicted molar refractivity (Wildman–Crippen MR) is 92.8 cm³/mol. The first-order chi connectivity index (χ1) is 10.0. The quantitative estimate of drug-likeness (QED) is 0.634. The lowest BCUT2D eigenvalue weighted by Gasteiger charge is -2.01. The van der Waals surface area contributed by atoms with Crippen molar-refractivity contribution in [1.82, 2.24) is 15.0 Å².